The highest BCUT2D eigenvalue weighted by molar-refractivity contribution is 5.99. The average molecular weight is 362 g/mol. The summed E-state index contributed by atoms with van der Waals surface area (Å²) in [5.41, 5.74) is 6.90. The quantitative estimate of drug-likeness (QED) is 0.603. The summed E-state index contributed by atoms with van der Waals surface area (Å²) in [6, 6.07) is 7.19. The minimum atomic E-state index is -0.0695. The van der Waals surface area contributed by atoms with Crippen molar-refractivity contribution < 1.29 is 4.79 Å². The fourth-order valence-electron chi connectivity index (χ4n) is 2.75. The number of carbonyl (C=O) groups is 1. The maximum Gasteiger partial charge on any atom is 0.253 e. The third-order valence-corrected chi connectivity index (χ3v) is 4.27. The number of halogens is 2. The van der Waals surface area contributed by atoms with E-state index in [4.69, 9.17) is 5.73 Å². The van der Waals surface area contributed by atoms with Gasteiger partial charge in [0.15, 0.2) is 0 Å². The lowest BCUT2D eigenvalue weighted by Gasteiger charge is -2.30. The van der Waals surface area contributed by atoms with E-state index in [1.807, 2.05) is 12.1 Å². The molecule has 0 atom stereocenters. The van der Waals surface area contributed by atoms with Crippen molar-refractivity contribution >= 4 is 36.4 Å². The van der Waals surface area contributed by atoms with Gasteiger partial charge in [0.2, 0.25) is 0 Å². The van der Waals surface area contributed by atoms with Gasteiger partial charge >= 0.3 is 0 Å². The van der Waals surface area contributed by atoms with Crippen LogP contribution >= 0.6 is 24.8 Å². The molecule has 0 saturated carbocycles. The van der Waals surface area contributed by atoms with Crippen LogP contribution in [-0.4, -0.2) is 37.0 Å². The van der Waals surface area contributed by atoms with Crippen molar-refractivity contribution in [2.75, 3.05) is 31.9 Å². The summed E-state index contributed by atoms with van der Waals surface area (Å²) in [5, 5.41) is 2.95. The Morgan fingerprint density at radius 2 is 1.87 bits per heavy atom. The van der Waals surface area contributed by atoms with Crippen LogP contribution in [0.1, 0.15) is 43.0 Å². The van der Waals surface area contributed by atoms with Crippen LogP contribution in [0, 0.1) is 5.92 Å². The Bertz CT molecular complexity index is 463. The molecule has 0 aliphatic carbocycles. The summed E-state index contributed by atoms with van der Waals surface area (Å²) in [5.74, 6) is 0.816. The second kappa shape index (κ2) is 11.5. The zero-order valence-electron chi connectivity index (χ0n) is 13.8. The number of unbranched alkanes of at least 4 members (excludes halogenated alkanes) is 1. The molecular weight excluding hydrogens is 333 g/mol. The van der Waals surface area contributed by atoms with Crippen LogP contribution in [0.5, 0.6) is 0 Å². The van der Waals surface area contributed by atoms with Gasteiger partial charge in [-0.15, -0.1) is 24.8 Å². The van der Waals surface area contributed by atoms with E-state index in [0.29, 0.717) is 11.3 Å². The fourth-order valence-corrected chi connectivity index (χ4v) is 2.75. The van der Waals surface area contributed by atoms with E-state index >= 15 is 0 Å². The van der Waals surface area contributed by atoms with Crippen LogP contribution in [0.25, 0.3) is 0 Å². The third-order valence-electron chi connectivity index (χ3n) is 4.27. The van der Waals surface area contributed by atoms with Crippen molar-refractivity contribution in [3.8, 4) is 0 Å². The fraction of sp³-hybridized carbons (Fsp3) is 0.588. The van der Waals surface area contributed by atoms with E-state index < -0.39 is 0 Å². The number of hydrogen-bond acceptors (Lipinski definition) is 3. The van der Waals surface area contributed by atoms with Crippen molar-refractivity contribution in [2.45, 2.75) is 32.6 Å². The van der Waals surface area contributed by atoms with E-state index in [1.165, 1.54) is 25.9 Å². The maximum absolute atomic E-state index is 12.0. The lowest BCUT2D eigenvalue weighted by Crippen LogP contribution is -2.34. The standard InChI is InChI=1S/C17H27N3O.2ClH/c1-14-8-12-20(13-9-14)11-5-4-10-19-17(21)15-6-2-3-7-16(15)18;;/h2-3,6-7,14H,4-5,8-13,18H2,1H3,(H,19,21);2*1H. The molecule has 0 radical (unpaired) electrons. The van der Waals surface area contributed by atoms with Gasteiger partial charge in [-0.1, -0.05) is 19.1 Å². The van der Waals surface area contributed by atoms with Gasteiger partial charge in [-0.3, -0.25) is 4.79 Å². The second-order valence-electron chi connectivity index (χ2n) is 6.07. The number of carbonyl (C=O) groups excluding carboxylic acids is 1. The molecule has 1 aromatic carbocycles. The molecule has 0 bridgehead atoms. The van der Waals surface area contributed by atoms with Gasteiger partial charge in [0.05, 0.1) is 5.56 Å². The summed E-state index contributed by atoms with van der Waals surface area (Å²) in [7, 11) is 0. The minimum Gasteiger partial charge on any atom is -0.398 e. The van der Waals surface area contributed by atoms with E-state index in [1.54, 1.807) is 12.1 Å². The number of para-hydroxylation sites is 1. The van der Waals surface area contributed by atoms with Crippen LogP contribution < -0.4 is 11.1 Å². The van der Waals surface area contributed by atoms with Gasteiger partial charge in [0.25, 0.3) is 5.91 Å². The van der Waals surface area contributed by atoms with Gasteiger partial charge in [-0.2, -0.15) is 0 Å². The van der Waals surface area contributed by atoms with Crippen molar-refractivity contribution in [1.29, 1.82) is 0 Å². The number of nitrogens with one attached hydrogen (secondary N) is 1. The van der Waals surface area contributed by atoms with Crippen LogP contribution in [-0.2, 0) is 0 Å². The number of amides is 1. The number of nitrogen functional groups attached to an aromatic ring is 1. The largest absolute Gasteiger partial charge is 0.398 e. The smallest absolute Gasteiger partial charge is 0.253 e. The van der Waals surface area contributed by atoms with Gasteiger partial charge in [0, 0.05) is 12.2 Å². The third kappa shape index (κ3) is 7.42. The van der Waals surface area contributed by atoms with Gasteiger partial charge in [-0.25, -0.2) is 0 Å². The molecule has 0 unspecified atom stereocenters. The van der Waals surface area contributed by atoms with Crippen LogP contribution in [0.15, 0.2) is 24.3 Å². The van der Waals surface area contributed by atoms with Crippen molar-refractivity contribution in [2.24, 2.45) is 5.92 Å². The Morgan fingerprint density at radius 3 is 2.52 bits per heavy atom. The van der Waals surface area contributed by atoms with E-state index in [-0.39, 0.29) is 30.7 Å². The zero-order valence-corrected chi connectivity index (χ0v) is 15.4. The molecule has 0 aromatic heterocycles. The molecular formula is C17H29Cl2N3O. The van der Waals surface area contributed by atoms with Gasteiger partial charge < -0.3 is 16.0 Å². The first-order valence-electron chi connectivity index (χ1n) is 8.02. The highest BCUT2D eigenvalue weighted by Crippen LogP contribution is 2.16. The molecule has 3 N–H and O–H groups in total. The summed E-state index contributed by atoms with van der Waals surface area (Å²) in [4.78, 5) is 14.5. The first-order valence-corrected chi connectivity index (χ1v) is 8.02. The molecule has 1 aromatic rings. The normalized spacial score (nSPS) is 15.3. The lowest BCUT2D eigenvalue weighted by atomic mass is 9.99. The van der Waals surface area contributed by atoms with Crippen LogP contribution in [0.4, 0.5) is 5.69 Å². The van der Waals surface area contributed by atoms with Crippen molar-refractivity contribution in [3.05, 3.63) is 29.8 Å². The maximum atomic E-state index is 12.0. The average Bonchev–Trinajstić information content (AvgIpc) is 2.49. The van der Waals surface area contributed by atoms with Gasteiger partial charge in [0.1, 0.15) is 0 Å². The predicted molar refractivity (Wildman–Crippen MR) is 102 cm³/mol. The first-order chi connectivity index (χ1) is 10.2. The molecule has 1 amide bonds. The zero-order chi connectivity index (χ0) is 15.1. The van der Waals surface area contributed by atoms with E-state index in [0.717, 1.165) is 31.8 Å². The number of anilines is 1. The molecule has 1 saturated heterocycles. The van der Waals surface area contributed by atoms with E-state index in [2.05, 4.69) is 17.1 Å². The van der Waals surface area contributed by atoms with Crippen molar-refractivity contribution in [3.63, 3.8) is 0 Å². The number of likely N-dealkylation sites (tertiary alicyclic amines) is 1. The second-order valence-corrected chi connectivity index (χ2v) is 6.07. The molecule has 1 aliphatic rings. The molecule has 6 heteroatoms. The molecule has 23 heavy (non-hydrogen) atoms. The number of hydrogen-bond donors (Lipinski definition) is 2. The Morgan fingerprint density at radius 1 is 1.22 bits per heavy atom. The number of nitrogens with two attached hydrogens (primary N) is 1. The topological polar surface area (TPSA) is 58.4 Å². The number of piperidine rings is 1. The lowest BCUT2D eigenvalue weighted by molar-refractivity contribution is 0.0953. The Hall–Kier alpha value is -0.970. The highest BCUT2D eigenvalue weighted by Gasteiger charge is 2.14. The van der Waals surface area contributed by atoms with E-state index in [9.17, 15) is 4.79 Å². The number of benzene rings is 1. The first kappa shape index (κ1) is 22.0. The predicted octanol–water partition coefficient (Wildman–Crippen LogP) is 3.35. The molecule has 2 rings (SSSR count). The monoisotopic (exact) mass is 361 g/mol. The Kier molecular flexibility index (Phi) is 11.1. The molecule has 4 nitrogen and oxygen atoms in total. The molecule has 1 fully saturated rings. The van der Waals surface area contributed by atoms with Crippen LogP contribution in [0.2, 0.25) is 0 Å². The summed E-state index contributed by atoms with van der Waals surface area (Å²) in [6.07, 6.45) is 4.80. The summed E-state index contributed by atoms with van der Waals surface area (Å²) >= 11 is 0. The Labute approximate surface area is 152 Å². The highest BCUT2D eigenvalue weighted by atomic mass is 35.5. The van der Waals surface area contributed by atoms with Crippen LogP contribution in [0.3, 0.4) is 0 Å². The molecule has 132 valence electrons. The molecule has 1 aliphatic heterocycles. The van der Waals surface area contributed by atoms with Crippen molar-refractivity contribution in [1.82, 2.24) is 10.2 Å². The summed E-state index contributed by atoms with van der Waals surface area (Å²) in [6.45, 7) is 6.66. The SMILES string of the molecule is CC1CCN(CCCCNC(=O)c2ccccc2N)CC1.Cl.Cl. The van der Waals surface area contributed by atoms with Gasteiger partial charge in [-0.05, 0) is 63.4 Å². The minimum absolute atomic E-state index is 0. The molecule has 0 spiro atoms. The molecule has 1 heterocycles. The number of nitrogens with zero attached hydrogens (tertiary/aromatic N) is 1. The number of rotatable bonds is 6. The Balaban J connectivity index is 0.00000242. The summed E-state index contributed by atoms with van der Waals surface area (Å²) < 4.78 is 0.